The van der Waals surface area contributed by atoms with E-state index in [0.717, 1.165) is 24.0 Å². The highest BCUT2D eigenvalue weighted by molar-refractivity contribution is 8.14. The minimum Gasteiger partial charge on any atom is -0.351 e. The summed E-state index contributed by atoms with van der Waals surface area (Å²) in [4.78, 5) is 2.07. The quantitative estimate of drug-likeness (QED) is 0.573. The third-order valence-corrected chi connectivity index (χ3v) is 2.19. The van der Waals surface area contributed by atoms with Crippen LogP contribution in [0, 0.1) is 5.41 Å². The number of thioether (sulfide) groups is 1. The van der Waals surface area contributed by atoms with Crippen molar-refractivity contribution in [2.75, 3.05) is 18.8 Å². The molecule has 0 amide bonds. The van der Waals surface area contributed by atoms with E-state index in [2.05, 4.69) is 11.8 Å². The molecule has 1 aliphatic rings. The maximum absolute atomic E-state index is 7.29. The second-order valence-electron chi connectivity index (χ2n) is 1.73. The van der Waals surface area contributed by atoms with Gasteiger partial charge in [0.25, 0.3) is 0 Å². The summed E-state index contributed by atoms with van der Waals surface area (Å²) in [5, 5.41) is 8.04. The van der Waals surface area contributed by atoms with Crippen LogP contribution in [0.2, 0.25) is 0 Å². The second kappa shape index (κ2) is 2.40. The van der Waals surface area contributed by atoms with E-state index in [1.165, 1.54) is 0 Å². The Labute approximate surface area is 53.8 Å². The van der Waals surface area contributed by atoms with Gasteiger partial charge in [-0.3, -0.25) is 5.41 Å². The van der Waals surface area contributed by atoms with Gasteiger partial charge in [0.2, 0.25) is 0 Å². The molecule has 0 spiro atoms. The molecule has 3 heteroatoms. The topological polar surface area (TPSA) is 27.1 Å². The van der Waals surface area contributed by atoms with Gasteiger partial charge in [0.15, 0.2) is 5.17 Å². The molecular formula is C5H10N2S. The summed E-state index contributed by atoms with van der Waals surface area (Å²) < 4.78 is 0. The van der Waals surface area contributed by atoms with E-state index in [1.54, 1.807) is 11.8 Å². The first-order chi connectivity index (χ1) is 3.84. The molecule has 0 aromatic rings. The lowest BCUT2D eigenvalue weighted by Gasteiger charge is -2.11. The van der Waals surface area contributed by atoms with Gasteiger partial charge in [0.1, 0.15) is 0 Å². The molecular weight excluding hydrogens is 120 g/mol. The molecule has 1 N–H and O–H groups in total. The fourth-order valence-corrected chi connectivity index (χ4v) is 1.66. The van der Waals surface area contributed by atoms with E-state index in [-0.39, 0.29) is 0 Å². The summed E-state index contributed by atoms with van der Waals surface area (Å²) in [6, 6.07) is 0. The minimum atomic E-state index is 0.743. The van der Waals surface area contributed by atoms with Crippen molar-refractivity contribution in [1.29, 1.82) is 5.41 Å². The molecule has 1 heterocycles. The monoisotopic (exact) mass is 130 g/mol. The highest BCUT2D eigenvalue weighted by atomic mass is 32.2. The van der Waals surface area contributed by atoms with Crippen LogP contribution in [-0.2, 0) is 0 Å². The number of amidine groups is 1. The van der Waals surface area contributed by atoms with Crippen LogP contribution in [0.15, 0.2) is 0 Å². The summed E-state index contributed by atoms with van der Waals surface area (Å²) in [5.74, 6) is 1.10. The number of hydrogen-bond acceptors (Lipinski definition) is 2. The molecule has 0 radical (unpaired) electrons. The van der Waals surface area contributed by atoms with Crippen molar-refractivity contribution in [3.63, 3.8) is 0 Å². The van der Waals surface area contributed by atoms with Gasteiger partial charge in [0.05, 0.1) is 0 Å². The van der Waals surface area contributed by atoms with E-state index in [0.29, 0.717) is 0 Å². The fourth-order valence-electron chi connectivity index (χ4n) is 0.747. The molecule has 0 aromatic carbocycles. The van der Waals surface area contributed by atoms with Crippen LogP contribution in [0.1, 0.15) is 6.92 Å². The smallest absolute Gasteiger partial charge is 0.156 e. The SMILES string of the molecule is CCN1CCSC1=N. The lowest BCUT2D eigenvalue weighted by atomic mass is 10.6. The number of hydrogen-bond donors (Lipinski definition) is 1. The third-order valence-electron chi connectivity index (χ3n) is 1.27. The number of rotatable bonds is 1. The van der Waals surface area contributed by atoms with Gasteiger partial charge in [0, 0.05) is 18.8 Å². The van der Waals surface area contributed by atoms with Crippen LogP contribution < -0.4 is 0 Å². The summed E-state index contributed by atoms with van der Waals surface area (Å²) in [6.45, 7) is 4.15. The van der Waals surface area contributed by atoms with E-state index in [9.17, 15) is 0 Å². The maximum atomic E-state index is 7.29. The molecule has 0 saturated carbocycles. The lowest BCUT2D eigenvalue weighted by Crippen LogP contribution is -2.22. The van der Waals surface area contributed by atoms with Crippen molar-refractivity contribution in [3.05, 3.63) is 0 Å². The van der Waals surface area contributed by atoms with Gasteiger partial charge in [-0.05, 0) is 6.92 Å². The Morgan fingerprint density at radius 3 is 2.88 bits per heavy atom. The Balaban J connectivity index is 2.42. The van der Waals surface area contributed by atoms with Crippen molar-refractivity contribution >= 4 is 16.9 Å². The first kappa shape index (κ1) is 5.95. The summed E-state index contributed by atoms with van der Waals surface area (Å²) in [7, 11) is 0. The molecule has 46 valence electrons. The molecule has 1 fully saturated rings. The Kier molecular flexibility index (Phi) is 1.78. The minimum absolute atomic E-state index is 0.743. The standard InChI is InChI=1S/C5H10N2S/c1-2-7-3-4-8-5(7)6/h6H,2-4H2,1H3. The Bertz CT molecular complexity index is 103. The van der Waals surface area contributed by atoms with Crippen molar-refractivity contribution in [2.24, 2.45) is 0 Å². The normalized spacial score (nSPS) is 20.1. The Hall–Kier alpha value is -0.180. The van der Waals surface area contributed by atoms with Gasteiger partial charge in [-0.2, -0.15) is 0 Å². The van der Waals surface area contributed by atoms with Crippen LogP contribution >= 0.6 is 11.8 Å². The van der Waals surface area contributed by atoms with E-state index < -0.39 is 0 Å². The number of nitrogens with one attached hydrogen (secondary N) is 1. The van der Waals surface area contributed by atoms with Gasteiger partial charge >= 0.3 is 0 Å². The molecule has 0 unspecified atom stereocenters. The van der Waals surface area contributed by atoms with E-state index >= 15 is 0 Å². The maximum Gasteiger partial charge on any atom is 0.156 e. The third kappa shape index (κ3) is 0.968. The highest BCUT2D eigenvalue weighted by Gasteiger charge is 2.14. The van der Waals surface area contributed by atoms with Crippen molar-refractivity contribution in [2.45, 2.75) is 6.92 Å². The summed E-state index contributed by atoms with van der Waals surface area (Å²) >= 11 is 1.64. The zero-order valence-electron chi connectivity index (χ0n) is 4.98. The van der Waals surface area contributed by atoms with E-state index in [1.807, 2.05) is 0 Å². The molecule has 2 nitrogen and oxygen atoms in total. The Morgan fingerprint density at radius 1 is 1.88 bits per heavy atom. The second-order valence-corrected chi connectivity index (χ2v) is 2.82. The Morgan fingerprint density at radius 2 is 2.62 bits per heavy atom. The predicted molar refractivity (Wildman–Crippen MR) is 37.4 cm³/mol. The molecule has 1 rings (SSSR count). The van der Waals surface area contributed by atoms with E-state index in [4.69, 9.17) is 5.41 Å². The first-order valence-electron chi connectivity index (χ1n) is 2.81. The number of nitrogens with zero attached hydrogens (tertiary/aromatic N) is 1. The summed E-state index contributed by atoms with van der Waals surface area (Å²) in [5.41, 5.74) is 0. The van der Waals surface area contributed by atoms with Crippen LogP contribution in [0.25, 0.3) is 0 Å². The lowest BCUT2D eigenvalue weighted by molar-refractivity contribution is 0.486. The van der Waals surface area contributed by atoms with Crippen molar-refractivity contribution in [3.8, 4) is 0 Å². The van der Waals surface area contributed by atoms with Crippen molar-refractivity contribution < 1.29 is 0 Å². The highest BCUT2D eigenvalue weighted by Crippen LogP contribution is 2.14. The molecule has 0 atom stereocenters. The average molecular weight is 130 g/mol. The van der Waals surface area contributed by atoms with Gasteiger partial charge in [-0.1, -0.05) is 11.8 Å². The van der Waals surface area contributed by atoms with Gasteiger partial charge in [-0.15, -0.1) is 0 Å². The zero-order chi connectivity index (χ0) is 5.98. The molecule has 0 aliphatic carbocycles. The molecule has 1 aliphatic heterocycles. The molecule has 1 saturated heterocycles. The van der Waals surface area contributed by atoms with Gasteiger partial charge < -0.3 is 4.90 Å². The van der Waals surface area contributed by atoms with Crippen LogP contribution in [0.3, 0.4) is 0 Å². The van der Waals surface area contributed by atoms with Crippen LogP contribution in [0.4, 0.5) is 0 Å². The molecule has 0 aromatic heterocycles. The predicted octanol–water partition coefficient (Wildman–Crippen LogP) is 0.990. The van der Waals surface area contributed by atoms with Crippen LogP contribution in [-0.4, -0.2) is 28.9 Å². The molecule has 0 bridgehead atoms. The first-order valence-corrected chi connectivity index (χ1v) is 3.79. The fraction of sp³-hybridized carbons (Fsp3) is 0.800. The van der Waals surface area contributed by atoms with Crippen molar-refractivity contribution in [1.82, 2.24) is 4.90 Å². The summed E-state index contributed by atoms with van der Waals surface area (Å²) in [6.07, 6.45) is 0. The average Bonchev–Trinajstić information content (AvgIpc) is 2.14. The van der Waals surface area contributed by atoms with Gasteiger partial charge in [-0.25, -0.2) is 0 Å². The molecule has 8 heavy (non-hydrogen) atoms. The van der Waals surface area contributed by atoms with Crippen LogP contribution in [0.5, 0.6) is 0 Å². The largest absolute Gasteiger partial charge is 0.351 e. The zero-order valence-corrected chi connectivity index (χ0v) is 5.79.